The van der Waals surface area contributed by atoms with Crippen LogP contribution in [0.4, 0.5) is 0 Å². The molecule has 0 saturated heterocycles. The van der Waals surface area contributed by atoms with Crippen molar-refractivity contribution >= 4 is 11.6 Å². The van der Waals surface area contributed by atoms with Gasteiger partial charge in [-0.25, -0.2) is 0 Å². The summed E-state index contributed by atoms with van der Waals surface area (Å²) in [5, 5.41) is 0.828. The highest BCUT2D eigenvalue weighted by Gasteiger charge is 2.07. The van der Waals surface area contributed by atoms with E-state index in [0.717, 1.165) is 17.0 Å². The molecular formula is C18H30ClN. The summed E-state index contributed by atoms with van der Waals surface area (Å²) >= 11 is 6.15. The maximum Gasteiger partial charge on any atom is 0.0438 e. The minimum absolute atomic E-state index is 0.133. The zero-order chi connectivity index (χ0) is 14.8. The van der Waals surface area contributed by atoms with Crippen LogP contribution in [0.1, 0.15) is 81.9 Å². The second-order valence-corrected chi connectivity index (χ2v) is 6.29. The van der Waals surface area contributed by atoms with E-state index in [-0.39, 0.29) is 6.04 Å². The van der Waals surface area contributed by atoms with Crippen LogP contribution in [0.5, 0.6) is 0 Å². The van der Waals surface area contributed by atoms with Gasteiger partial charge in [0.2, 0.25) is 0 Å². The number of aryl methyl sites for hydroxylation is 1. The Bertz CT molecular complexity index is 376. The van der Waals surface area contributed by atoms with Crippen LogP contribution >= 0.6 is 11.6 Å². The number of benzene rings is 1. The average Bonchev–Trinajstić information content (AvgIpc) is 2.44. The first kappa shape index (κ1) is 17.5. The Morgan fingerprint density at radius 2 is 1.60 bits per heavy atom. The zero-order valence-corrected chi connectivity index (χ0v) is 13.9. The zero-order valence-electron chi connectivity index (χ0n) is 13.1. The summed E-state index contributed by atoms with van der Waals surface area (Å²) in [7, 11) is 0. The Morgan fingerprint density at radius 1 is 1.00 bits per heavy atom. The van der Waals surface area contributed by atoms with E-state index >= 15 is 0 Å². The van der Waals surface area contributed by atoms with Gasteiger partial charge in [0, 0.05) is 11.1 Å². The van der Waals surface area contributed by atoms with Crippen LogP contribution < -0.4 is 5.73 Å². The van der Waals surface area contributed by atoms with Crippen molar-refractivity contribution in [2.24, 2.45) is 5.73 Å². The fourth-order valence-electron chi connectivity index (χ4n) is 2.50. The van der Waals surface area contributed by atoms with E-state index in [2.05, 4.69) is 19.1 Å². The first-order valence-electron chi connectivity index (χ1n) is 8.16. The van der Waals surface area contributed by atoms with Gasteiger partial charge in [-0.1, -0.05) is 82.0 Å². The van der Waals surface area contributed by atoms with Crippen LogP contribution in [0.2, 0.25) is 5.02 Å². The highest BCUT2D eigenvalue weighted by molar-refractivity contribution is 6.31. The lowest BCUT2D eigenvalue weighted by molar-refractivity contribution is 0.536. The van der Waals surface area contributed by atoms with E-state index in [9.17, 15) is 0 Å². The predicted molar refractivity (Wildman–Crippen MR) is 90.3 cm³/mol. The van der Waals surface area contributed by atoms with E-state index in [0.29, 0.717) is 0 Å². The fourth-order valence-corrected chi connectivity index (χ4v) is 2.69. The molecule has 1 rings (SSSR count). The number of hydrogen-bond acceptors (Lipinski definition) is 1. The molecule has 0 aliphatic heterocycles. The molecule has 1 nitrogen and oxygen atoms in total. The molecular weight excluding hydrogens is 266 g/mol. The third kappa shape index (κ3) is 6.76. The Labute approximate surface area is 129 Å². The van der Waals surface area contributed by atoms with Gasteiger partial charge in [-0.3, -0.25) is 0 Å². The maximum absolute atomic E-state index is 6.24. The summed E-state index contributed by atoms with van der Waals surface area (Å²) in [4.78, 5) is 0. The lowest BCUT2D eigenvalue weighted by Crippen LogP contribution is -2.10. The summed E-state index contributed by atoms with van der Waals surface area (Å²) in [5.74, 6) is 0. The summed E-state index contributed by atoms with van der Waals surface area (Å²) in [6.07, 6.45) is 11.8. The molecule has 1 atom stereocenters. The second-order valence-electron chi connectivity index (χ2n) is 5.88. The van der Waals surface area contributed by atoms with Crippen molar-refractivity contribution < 1.29 is 0 Å². The molecule has 2 heteroatoms. The van der Waals surface area contributed by atoms with E-state index in [1.165, 1.54) is 56.9 Å². The molecule has 0 aliphatic rings. The Kier molecular flexibility index (Phi) is 8.97. The average molecular weight is 296 g/mol. The molecule has 0 aromatic heterocycles. The summed E-state index contributed by atoms with van der Waals surface area (Å²) in [6, 6.07) is 6.32. The van der Waals surface area contributed by atoms with Gasteiger partial charge in [-0.15, -0.1) is 0 Å². The van der Waals surface area contributed by atoms with Gasteiger partial charge in [0.05, 0.1) is 0 Å². The predicted octanol–water partition coefficient (Wildman–Crippen LogP) is 6.18. The molecule has 0 aliphatic carbocycles. The van der Waals surface area contributed by atoms with Gasteiger partial charge < -0.3 is 5.73 Å². The van der Waals surface area contributed by atoms with Gasteiger partial charge in [0.1, 0.15) is 0 Å². The van der Waals surface area contributed by atoms with Crippen molar-refractivity contribution in [3.8, 4) is 0 Å². The van der Waals surface area contributed by atoms with Crippen molar-refractivity contribution in [2.45, 2.75) is 77.7 Å². The molecule has 0 radical (unpaired) electrons. The van der Waals surface area contributed by atoms with E-state index < -0.39 is 0 Å². The van der Waals surface area contributed by atoms with Crippen LogP contribution in [-0.4, -0.2) is 0 Å². The number of halogens is 1. The molecule has 0 spiro atoms. The van der Waals surface area contributed by atoms with Gasteiger partial charge >= 0.3 is 0 Å². The third-order valence-corrected chi connectivity index (χ3v) is 4.40. The summed E-state index contributed by atoms with van der Waals surface area (Å²) in [6.45, 7) is 4.29. The molecule has 0 heterocycles. The third-order valence-electron chi connectivity index (χ3n) is 3.99. The molecule has 1 unspecified atom stereocenters. The maximum atomic E-state index is 6.24. The fraction of sp³-hybridized carbons (Fsp3) is 0.667. The molecule has 0 bridgehead atoms. The van der Waals surface area contributed by atoms with Crippen LogP contribution in [0.15, 0.2) is 18.2 Å². The van der Waals surface area contributed by atoms with Crippen molar-refractivity contribution in [3.63, 3.8) is 0 Å². The van der Waals surface area contributed by atoms with Gasteiger partial charge in [0.25, 0.3) is 0 Å². The number of unbranched alkanes of at least 4 members (excludes halogenated alkanes) is 7. The minimum atomic E-state index is 0.133. The molecule has 1 aromatic rings. The highest BCUT2D eigenvalue weighted by Crippen LogP contribution is 2.23. The SMILES string of the molecule is CCCCCCCCCCC(N)c1ccc(C)c(Cl)c1. The Balaban J connectivity index is 2.13. The molecule has 1 aromatic carbocycles. The van der Waals surface area contributed by atoms with Crippen LogP contribution in [-0.2, 0) is 0 Å². The molecule has 2 N–H and O–H groups in total. The summed E-state index contributed by atoms with van der Waals surface area (Å²) < 4.78 is 0. The van der Waals surface area contributed by atoms with E-state index in [4.69, 9.17) is 17.3 Å². The molecule has 114 valence electrons. The first-order chi connectivity index (χ1) is 9.65. The number of hydrogen-bond donors (Lipinski definition) is 1. The lowest BCUT2D eigenvalue weighted by atomic mass is 9.99. The minimum Gasteiger partial charge on any atom is -0.324 e. The van der Waals surface area contributed by atoms with Gasteiger partial charge in [0.15, 0.2) is 0 Å². The van der Waals surface area contributed by atoms with Gasteiger partial charge in [-0.05, 0) is 30.5 Å². The first-order valence-corrected chi connectivity index (χ1v) is 8.54. The van der Waals surface area contributed by atoms with Gasteiger partial charge in [-0.2, -0.15) is 0 Å². The van der Waals surface area contributed by atoms with Crippen molar-refractivity contribution in [3.05, 3.63) is 34.3 Å². The molecule has 20 heavy (non-hydrogen) atoms. The van der Waals surface area contributed by atoms with E-state index in [1.807, 2.05) is 13.0 Å². The highest BCUT2D eigenvalue weighted by atomic mass is 35.5. The number of nitrogens with two attached hydrogens (primary N) is 1. The van der Waals surface area contributed by atoms with Crippen LogP contribution in [0, 0.1) is 6.92 Å². The second kappa shape index (κ2) is 10.2. The normalized spacial score (nSPS) is 12.6. The summed E-state index contributed by atoms with van der Waals surface area (Å²) in [5.41, 5.74) is 8.53. The Hall–Kier alpha value is -0.530. The molecule has 0 amide bonds. The topological polar surface area (TPSA) is 26.0 Å². The van der Waals surface area contributed by atoms with Crippen molar-refractivity contribution in [1.82, 2.24) is 0 Å². The largest absolute Gasteiger partial charge is 0.324 e. The van der Waals surface area contributed by atoms with E-state index in [1.54, 1.807) is 0 Å². The smallest absolute Gasteiger partial charge is 0.0438 e. The molecule has 0 fully saturated rings. The van der Waals surface area contributed by atoms with Crippen molar-refractivity contribution in [2.75, 3.05) is 0 Å². The van der Waals surface area contributed by atoms with Crippen LogP contribution in [0.3, 0.4) is 0 Å². The number of rotatable bonds is 10. The lowest BCUT2D eigenvalue weighted by Gasteiger charge is -2.13. The quantitative estimate of drug-likeness (QED) is 0.512. The molecule has 0 saturated carbocycles. The Morgan fingerprint density at radius 3 is 2.20 bits per heavy atom. The van der Waals surface area contributed by atoms with Crippen LogP contribution in [0.25, 0.3) is 0 Å². The van der Waals surface area contributed by atoms with Crippen molar-refractivity contribution in [1.29, 1.82) is 0 Å². The monoisotopic (exact) mass is 295 g/mol. The standard InChI is InChI=1S/C18H30ClN/c1-3-4-5-6-7-8-9-10-11-18(20)16-13-12-15(2)17(19)14-16/h12-14,18H,3-11,20H2,1-2H3.